The third kappa shape index (κ3) is 9.77. The van der Waals surface area contributed by atoms with Gasteiger partial charge in [0, 0.05) is 59.9 Å². The number of nitrogens with zero attached hydrogens (tertiary/aromatic N) is 2. The van der Waals surface area contributed by atoms with Crippen molar-refractivity contribution in [2.75, 3.05) is 25.1 Å². The van der Waals surface area contributed by atoms with E-state index in [1.807, 2.05) is 6.07 Å². The van der Waals surface area contributed by atoms with Crippen LogP contribution < -0.4 is 16.1 Å². The fourth-order valence-electron chi connectivity index (χ4n) is 13.3. The summed E-state index contributed by atoms with van der Waals surface area (Å²) in [5.74, 6) is 4.12. The Kier molecular flexibility index (Phi) is 14.6. The molecule has 8 rings (SSSR count). The summed E-state index contributed by atoms with van der Waals surface area (Å²) in [4.78, 5) is 54.0. The Morgan fingerprint density at radius 1 is 0.864 bits per heavy atom. The van der Waals surface area contributed by atoms with Crippen LogP contribution in [-0.4, -0.2) is 65.8 Å². The largest absolute Gasteiger partial charge is 0.507 e. The molecule has 4 N–H and O–H groups in total. The number of para-hydroxylation sites is 1. The predicted octanol–water partition coefficient (Wildman–Crippen LogP) is 11.4. The van der Waals surface area contributed by atoms with Crippen LogP contribution >= 0.6 is 0 Å². The van der Waals surface area contributed by atoms with Crippen LogP contribution in [0, 0.1) is 46.3 Å². The number of allylic oxidation sites excluding steroid dienone is 1. The molecule has 3 aromatic carbocycles. The molecule has 0 saturated heterocycles. The Hall–Kier alpha value is -5.19. The molecule has 3 aromatic rings. The Balaban J connectivity index is 0.724. The molecule has 11 nitrogen and oxygen atoms in total. The molecule has 3 saturated carbocycles. The van der Waals surface area contributed by atoms with Gasteiger partial charge in [-0.2, -0.15) is 5.10 Å². The molecule has 4 aliphatic carbocycles. The Morgan fingerprint density at radius 3 is 2.45 bits per heavy atom. The lowest BCUT2D eigenvalue weighted by Gasteiger charge is -2.58. The molecule has 1 unspecified atom stereocenters. The summed E-state index contributed by atoms with van der Waals surface area (Å²) in [6.45, 7) is 13.3. The van der Waals surface area contributed by atoms with E-state index < -0.39 is 6.09 Å². The van der Waals surface area contributed by atoms with Crippen molar-refractivity contribution in [1.82, 2.24) is 15.5 Å². The second-order valence-electron chi connectivity index (χ2n) is 21.2. The molecule has 5 aliphatic rings. The number of imide groups is 1. The number of hydrazone groups is 1. The number of unbranched alkanes of at least 4 members (excludes halogenated alkanes) is 2. The minimum atomic E-state index is -0.423. The van der Waals surface area contributed by atoms with E-state index in [1.54, 1.807) is 48.5 Å². The zero-order chi connectivity index (χ0) is 46.6. The monoisotopic (exact) mass is 900 g/mol. The first-order valence-electron chi connectivity index (χ1n) is 25.2. The number of carbonyl (C=O) groups excluding carboxylic acids is 4. The molecular weight excluding hydrogens is 827 g/mol. The van der Waals surface area contributed by atoms with E-state index in [9.17, 15) is 24.3 Å². The summed E-state index contributed by atoms with van der Waals surface area (Å²) in [5.41, 5.74) is 7.27. The third-order valence-electron chi connectivity index (χ3n) is 16.9. The van der Waals surface area contributed by atoms with Crippen molar-refractivity contribution in [3.05, 3.63) is 82.9 Å². The van der Waals surface area contributed by atoms with Crippen LogP contribution in [0.15, 0.2) is 71.3 Å². The fraction of sp³-hybridized carbons (Fsp3) is 0.582. The molecule has 0 aromatic heterocycles. The van der Waals surface area contributed by atoms with Crippen LogP contribution in [0.2, 0.25) is 0 Å². The van der Waals surface area contributed by atoms with Crippen LogP contribution in [-0.2, 0) is 9.53 Å². The summed E-state index contributed by atoms with van der Waals surface area (Å²) in [7, 11) is 0. The number of fused-ring (bicyclic) bond motifs is 5. The molecule has 354 valence electrons. The molecular formula is C55H73N5O6. The minimum Gasteiger partial charge on any atom is -0.507 e. The number of rotatable bonds is 18. The van der Waals surface area contributed by atoms with Crippen LogP contribution in [0.25, 0.3) is 10.8 Å². The highest BCUT2D eigenvalue weighted by molar-refractivity contribution is 6.26. The maximum absolute atomic E-state index is 13.6. The third-order valence-corrected chi connectivity index (χ3v) is 16.9. The van der Waals surface area contributed by atoms with E-state index in [0.717, 1.165) is 54.8 Å². The second-order valence-corrected chi connectivity index (χ2v) is 21.2. The molecule has 0 bridgehead atoms. The maximum atomic E-state index is 13.6. The van der Waals surface area contributed by atoms with Crippen molar-refractivity contribution in [2.45, 2.75) is 137 Å². The molecule has 0 spiro atoms. The first-order valence-corrected chi connectivity index (χ1v) is 25.2. The van der Waals surface area contributed by atoms with E-state index >= 15 is 0 Å². The maximum Gasteiger partial charge on any atom is 0.407 e. The smallest absolute Gasteiger partial charge is 0.407 e. The van der Waals surface area contributed by atoms with E-state index in [-0.39, 0.29) is 48.1 Å². The minimum absolute atomic E-state index is 0.105. The van der Waals surface area contributed by atoms with Crippen molar-refractivity contribution < 1.29 is 29.0 Å². The average molecular weight is 900 g/mol. The summed E-state index contributed by atoms with van der Waals surface area (Å²) in [5, 5.41) is 21.3. The molecule has 1 heterocycles. The van der Waals surface area contributed by atoms with Crippen LogP contribution in [0.4, 0.5) is 10.5 Å². The van der Waals surface area contributed by atoms with Gasteiger partial charge in [-0.25, -0.2) is 4.79 Å². The lowest BCUT2D eigenvalue weighted by Crippen LogP contribution is -2.51. The van der Waals surface area contributed by atoms with Gasteiger partial charge in [0.05, 0.1) is 11.9 Å². The second kappa shape index (κ2) is 20.4. The molecule has 0 radical (unpaired) electrons. The first kappa shape index (κ1) is 47.3. The van der Waals surface area contributed by atoms with Gasteiger partial charge in [0.2, 0.25) is 5.91 Å². The van der Waals surface area contributed by atoms with Crippen LogP contribution in [0.3, 0.4) is 0 Å². The van der Waals surface area contributed by atoms with Crippen molar-refractivity contribution in [3.63, 3.8) is 0 Å². The van der Waals surface area contributed by atoms with Gasteiger partial charge in [0.25, 0.3) is 11.8 Å². The number of phenolic OH excluding ortho intramolecular Hbond substituents is 1. The number of carbonyl (C=O) groups is 4. The number of hydrogen-bond donors (Lipinski definition) is 4. The normalized spacial score (nSPS) is 27.3. The highest BCUT2D eigenvalue weighted by Crippen LogP contribution is 2.67. The predicted molar refractivity (Wildman–Crippen MR) is 261 cm³/mol. The van der Waals surface area contributed by atoms with E-state index in [1.165, 1.54) is 68.1 Å². The van der Waals surface area contributed by atoms with Crippen molar-refractivity contribution in [3.8, 4) is 5.75 Å². The molecule has 3 fully saturated rings. The number of amides is 4. The Labute approximate surface area is 392 Å². The lowest BCUT2D eigenvalue weighted by atomic mass is 9.47. The van der Waals surface area contributed by atoms with Crippen molar-refractivity contribution >= 4 is 46.5 Å². The molecule has 4 amide bonds. The highest BCUT2D eigenvalue weighted by Gasteiger charge is 2.59. The number of hydrogen-bond acceptors (Lipinski definition) is 8. The van der Waals surface area contributed by atoms with Gasteiger partial charge in [-0.3, -0.25) is 24.7 Å². The van der Waals surface area contributed by atoms with Gasteiger partial charge in [-0.1, -0.05) is 96.2 Å². The molecule has 66 heavy (non-hydrogen) atoms. The zero-order valence-electron chi connectivity index (χ0n) is 40.0. The van der Waals surface area contributed by atoms with E-state index in [4.69, 9.17) is 4.74 Å². The van der Waals surface area contributed by atoms with Gasteiger partial charge >= 0.3 is 6.09 Å². The van der Waals surface area contributed by atoms with E-state index in [0.29, 0.717) is 70.8 Å². The van der Waals surface area contributed by atoms with Crippen LogP contribution in [0.5, 0.6) is 5.75 Å². The standard InChI is InChI=1S/C55H73N5O6/c1-35(2)13-11-14-36(3)44-23-24-45-40-21-20-38-33-39(26-28-54(38,4)46(40)27-29-55(44,45)5)66-53(65)57-31-30-56-49(62)19-7-6-10-32-60-51(63)42-17-12-16-41-47(25-22-43(50(41)42)52(60)64)59-58-34-37-15-8-9-18-48(37)61/h8-9,12,15-18,20,22,25,34-36,39-40,44-46,59,61H,6-7,10-11,13-14,19,21,23-24,26-33H2,1-5H3,(H,56,62)(H,57,65)/b58-34+/t36-,39?,40+,44-,45+,46+,54+,55-/m1/s1. The zero-order valence-corrected chi connectivity index (χ0v) is 40.0. The first-order chi connectivity index (χ1) is 31.8. The molecule has 8 atom stereocenters. The Bertz CT molecular complexity index is 2320. The summed E-state index contributed by atoms with van der Waals surface area (Å²) in [6.07, 6.45) is 19.2. The lowest BCUT2D eigenvalue weighted by molar-refractivity contribution is -0.121. The van der Waals surface area contributed by atoms with Crippen LogP contribution in [0.1, 0.15) is 157 Å². The topological polar surface area (TPSA) is 149 Å². The highest BCUT2D eigenvalue weighted by atomic mass is 16.6. The Morgan fingerprint density at radius 2 is 1.65 bits per heavy atom. The van der Waals surface area contributed by atoms with Crippen molar-refractivity contribution in [1.29, 1.82) is 0 Å². The van der Waals surface area contributed by atoms with Crippen molar-refractivity contribution in [2.24, 2.45) is 51.4 Å². The van der Waals surface area contributed by atoms with Gasteiger partial charge in [0.15, 0.2) is 0 Å². The van der Waals surface area contributed by atoms with Gasteiger partial charge < -0.3 is 20.5 Å². The number of aromatic hydroxyl groups is 1. The molecule has 11 heteroatoms. The number of benzene rings is 3. The van der Waals surface area contributed by atoms with Gasteiger partial charge in [0.1, 0.15) is 11.9 Å². The number of ether oxygens (including phenoxy) is 1. The summed E-state index contributed by atoms with van der Waals surface area (Å²) in [6, 6.07) is 15.7. The van der Waals surface area contributed by atoms with Gasteiger partial charge in [-0.15, -0.1) is 0 Å². The average Bonchev–Trinajstić information content (AvgIpc) is 3.66. The summed E-state index contributed by atoms with van der Waals surface area (Å²) < 4.78 is 5.96. The fourth-order valence-corrected chi connectivity index (χ4v) is 13.3. The number of alkyl carbamates (subject to hydrolysis) is 1. The quantitative estimate of drug-likeness (QED) is 0.0326. The summed E-state index contributed by atoms with van der Waals surface area (Å²) >= 11 is 0. The SMILES string of the molecule is CC(C)CCC[C@@H](C)[C@H]1CC[C@H]2[C@@H]3CC=C4CC(OC(=O)NCCNC(=O)CCCCCN5C(=O)c6cccc7c(N/N=C/c8ccccc8O)ccc(c67)C5=O)CC[C@]4(C)[C@H]3CC[C@]12C. The number of phenols is 1. The van der Waals surface area contributed by atoms with E-state index in [2.05, 4.69) is 61.9 Å². The molecule has 1 aliphatic heterocycles. The van der Waals surface area contributed by atoms with Gasteiger partial charge in [-0.05, 0) is 134 Å². The number of nitrogens with one attached hydrogen (secondary N) is 3. The number of anilines is 1.